The number of piperidine rings is 1. The van der Waals surface area contributed by atoms with Crippen LogP contribution in [0.25, 0.3) is 28.0 Å². The summed E-state index contributed by atoms with van der Waals surface area (Å²) in [5, 5.41) is 6.29. The van der Waals surface area contributed by atoms with Gasteiger partial charge in [-0.15, -0.1) is 0 Å². The molecule has 0 N–H and O–H groups in total. The summed E-state index contributed by atoms with van der Waals surface area (Å²) >= 11 is 12.9. The Balaban J connectivity index is 1.29. The van der Waals surface area contributed by atoms with Crippen molar-refractivity contribution in [3.63, 3.8) is 0 Å². The fraction of sp³-hybridized carbons (Fsp3) is 0.273. The van der Waals surface area contributed by atoms with Crippen LogP contribution in [0.4, 0.5) is 5.82 Å². The van der Waals surface area contributed by atoms with E-state index in [2.05, 4.69) is 17.0 Å². The lowest BCUT2D eigenvalue weighted by Crippen LogP contribution is -2.55. The van der Waals surface area contributed by atoms with E-state index in [0.29, 0.717) is 67.8 Å². The standard InChI is InChI=1S/C33H30Cl2N6O2/c34-25-12-10-23(11-13-25)30-28-29(38-41(30)27-9-5-4-8-26(27)35)31(37-22-36-28)39-16-14-33(15-17-39,24-6-2-1-3-7-24)32(42)40-18-20-43-21-19-40/h1-13,22H,14-21H2. The molecule has 7 rings (SSSR count). The number of morpholine rings is 1. The van der Waals surface area contributed by atoms with Crippen LogP contribution >= 0.6 is 23.2 Å². The second-order valence-electron chi connectivity index (χ2n) is 11.0. The maximum absolute atomic E-state index is 14.1. The predicted octanol–water partition coefficient (Wildman–Crippen LogP) is 6.19. The first-order chi connectivity index (χ1) is 21.0. The second-order valence-corrected chi connectivity index (χ2v) is 11.8. The molecule has 1 amide bonds. The van der Waals surface area contributed by atoms with Crippen molar-refractivity contribution in [3.05, 3.63) is 101 Å². The van der Waals surface area contributed by atoms with Gasteiger partial charge in [-0.05, 0) is 42.7 Å². The number of halogens is 2. The average molecular weight is 614 g/mol. The van der Waals surface area contributed by atoms with Gasteiger partial charge in [0, 0.05) is 36.8 Å². The lowest BCUT2D eigenvalue weighted by molar-refractivity contribution is -0.142. The van der Waals surface area contributed by atoms with E-state index in [1.54, 1.807) is 6.33 Å². The summed E-state index contributed by atoms with van der Waals surface area (Å²) in [5.74, 6) is 0.925. The third-order valence-electron chi connectivity index (χ3n) is 8.59. The number of hydrogen-bond acceptors (Lipinski definition) is 6. The largest absolute Gasteiger partial charge is 0.378 e. The number of nitrogens with zero attached hydrogens (tertiary/aromatic N) is 6. The van der Waals surface area contributed by atoms with E-state index >= 15 is 0 Å². The second kappa shape index (κ2) is 11.6. The van der Waals surface area contributed by atoms with Crippen LogP contribution in [0, 0.1) is 0 Å². The topological polar surface area (TPSA) is 76.4 Å². The number of hydrogen-bond donors (Lipinski definition) is 0. The molecule has 4 heterocycles. The van der Waals surface area contributed by atoms with Crippen molar-refractivity contribution >= 4 is 46.0 Å². The van der Waals surface area contributed by atoms with Gasteiger partial charge < -0.3 is 14.5 Å². The van der Waals surface area contributed by atoms with Crippen molar-refractivity contribution in [2.24, 2.45) is 0 Å². The molecule has 3 aromatic carbocycles. The molecule has 2 fully saturated rings. The number of carbonyl (C=O) groups excluding carboxylic acids is 1. The number of fused-ring (bicyclic) bond motifs is 1. The van der Waals surface area contributed by atoms with Gasteiger partial charge >= 0.3 is 0 Å². The maximum atomic E-state index is 14.1. The van der Waals surface area contributed by atoms with Crippen LogP contribution in [-0.4, -0.2) is 69.9 Å². The van der Waals surface area contributed by atoms with Gasteiger partial charge in [-0.25, -0.2) is 14.6 Å². The minimum absolute atomic E-state index is 0.183. The van der Waals surface area contributed by atoms with Crippen LogP contribution in [0.5, 0.6) is 0 Å². The molecule has 0 saturated carbocycles. The van der Waals surface area contributed by atoms with Gasteiger partial charge in [-0.2, -0.15) is 5.10 Å². The van der Waals surface area contributed by atoms with Crippen LogP contribution in [0.15, 0.2) is 85.2 Å². The lowest BCUT2D eigenvalue weighted by Gasteiger charge is -2.44. The third kappa shape index (κ3) is 5.03. The highest BCUT2D eigenvalue weighted by atomic mass is 35.5. The van der Waals surface area contributed by atoms with Gasteiger partial charge in [-0.1, -0.05) is 77.8 Å². The summed E-state index contributed by atoms with van der Waals surface area (Å²) in [6, 6.07) is 25.4. The SMILES string of the molecule is O=C(N1CCOCC1)C1(c2ccccc2)CCN(c2ncnc3c(-c4ccc(Cl)cc4)n(-c4ccccc4Cl)nc23)CC1. The monoisotopic (exact) mass is 612 g/mol. The van der Waals surface area contributed by atoms with Crippen LogP contribution in [0.3, 0.4) is 0 Å². The minimum Gasteiger partial charge on any atom is -0.378 e. The Labute approximate surface area is 259 Å². The molecular formula is C33H30Cl2N6O2. The van der Waals surface area contributed by atoms with Crippen molar-refractivity contribution in [2.45, 2.75) is 18.3 Å². The van der Waals surface area contributed by atoms with Crippen LogP contribution in [-0.2, 0) is 14.9 Å². The third-order valence-corrected chi connectivity index (χ3v) is 9.16. The van der Waals surface area contributed by atoms with Crippen molar-refractivity contribution in [1.29, 1.82) is 0 Å². The van der Waals surface area contributed by atoms with E-state index in [-0.39, 0.29) is 5.91 Å². The number of carbonyl (C=O) groups is 1. The average Bonchev–Trinajstić information content (AvgIpc) is 3.45. The normalized spacial score (nSPS) is 16.9. The quantitative estimate of drug-likeness (QED) is 0.236. The summed E-state index contributed by atoms with van der Waals surface area (Å²) < 4.78 is 7.38. The summed E-state index contributed by atoms with van der Waals surface area (Å²) in [5.41, 5.74) is 4.32. The van der Waals surface area contributed by atoms with Crippen LogP contribution in [0.2, 0.25) is 10.0 Å². The van der Waals surface area contributed by atoms with Gasteiger partial charge in [0.1, 0.15) is 17.5 Å². The Bertz CT molecular complexity index is 1760. The molecule has 10 heteroatoms. The highest BCUT2D eigenvalue weighted by Gasteiger charge is 2.45. The van der Waals surface area contributed by atoms with E-state index < -0.39 is 5.41 Å². The van der Waals surface area contributed by atoms with Gasteiger partial charge in [0.05, 0.1) is 29.3 Å². The molecule has 2 saturated heterocycles. The molecule has 0 spiro atoms. The number of anilines is 1. The van der Waals surface area contributed by atoms with E-state index in [4.69, 9.17) is 43.0 Å². The van der Waals surface area contributed by atoms with E-state index in [9.17, 15) is 4.79 Å². The Morgan fingerprint density at radius 2 is 1.49 bits per heavy atom. The highest BCUT2D eigenvalue weighted by molar-refractivity contribution is 6.32. The van der Waals surface area contributed by atoms with Crippen LogP contribution < -0.4 is 4.90 Å². The van der Waals surface area contributed by atoms with Crippen molar-refractivity contribution in [1.82, 2.24) is 24.6 Å². The van der Waals surface area contributed by atoms with Crippen molar-refractivity contribution < 1.29 is 9.53 Å². The fourth-order valence-corrected chi connectivity index (χ4v) is 6.68. The number of amides is 1. The number of ether oxygens (including phenoxy) is 1. The molecule has 0 unspecified atom stereocenters. The molecule has 0 atom stereocenters. The Hall–Kier alpha value is -3.98. The zero-order valence-electron chi connectivity index (χ0n) is 23.5. The molecule has 0 radical (unpaired) electrons. The Morgan fingerprint density at radius 1 is 0.791 bits per heavy atom. The molecule has 0 bridgehead atoms. The van der Waals surface area contributed by atoms with Gasteiger partial charge in [0.2, 0.25) is 5.91 Å². The first-order valence-corrected chi connectivity index (χ1v) is 15.2. The molecule has 2 aromatic heterocycles. The zero-order valence-corrected chi connectivity index (χ0v) is 25.0. The Morgan fingerprint density at radius 3 is 2.21 bits per heavy atom. The van der Waals surface area contributed by atoms with E-state index in [1.807, 2.05) is 76.3 Å². The molecule has 43 heavy (non-hydrogen) atoms. The number of aromatic nitrogens is 4. The van der Waals surface area contributed by atoms with E-state index in [0.717, 1.165) is 33.8 Å². The molecule has 218 valence electrons. The molecule has 0 aliphatic carbocycles. The first-order valence-electron chi connectivity index (χ1n) is 14.5. The fourth-order valence-electron chi connectivity index (χ4n) is 6.33. The highest BCUT2D eigenvalue weighted by Crippen LogP contribution is 2.41. The first kappa shape index (κ1) is 27.8. The molecule has 8 nitrogen and oxygen atoms in total. The van der Waals surface area contributed by atoms with Crippen molar-refractivity contribution in [3.8, 4) is 16.9 Å². The summed E-state index contributed by atoms with van der Waals surface area (Å²) in [6.45, 7) is 3.68. The molecule has 2 aliphatic rings. The molecule has 5 aromatic rings. The van der Waals surface area contributed by atoms with Gasteiger partial charge in [0.25, 0.3) is 0 Å². The minimum atomic E-state index is -0.605. The zero-order chi connectivity index (χ0) is 29.4. The summed E-state index contributed by atoms with van der Waals surface area (Å²) in [4.78, 5) is 27.8. The van der Waals surface area contributed by atoms with Gasteiger partial charge in [-0.3, -0.25) is 4.79 Å². The Kier molecular flexibility index (Phi) is 7.51. The summed E-state index contributed by atoms with van der Waals surface area (Å²) in [7, 11) is 0. The van der Waals surface area contributed by atoms with Gasteiger partial charge in [0.15, 0.2) is 11.3 Å². The molecule has 2 aliphatic heterocycles. The lowest BCUT2D eigenvalue weighted by atomic mass is 9.71. The number of para-hydroxylation sites is 1. The maximum Gasteiger partial charge on any atom is 0.233 e. The van der Waals surface area contributed by atoms with Crippen LogP contribution in [0.1, 0.15) is 18.4 Å². The van der Waals surface area contributed by atoms with E-state index in [1.165, 1.54) is 0 Å². The predicted molar refractivity (Wildman–Crippen MR) is 169 cm³/mol. The number of benzene rings is 3. The van der Waals surface area contributed by atoms with Crippen molar-refractivity contribution in [2.75, 3.05) is 44.3 Å². The number of rotatable bonds is 5. The smallest absolute Gasteiger partial charge is 0.233 e. The molecular weight excluding hydrogens is 583 g/mol. The summed E-state index contributed by atoms with van der Waals surface area (Å²) in [6.07, 6.45) is 2.91.